The van der Waals surface area contributed by atoms with Gasteiger partial charge in [-0.2, -0.15) is 0 Å². The first-order valence-electron chi connectivity index (χ1n) is 23.0. The number of ether oxygens (including phenoxy) is 2. The fourth-order valence-electron chi connectivity index (χ4n) is 9.19. The topological polar surface area (TPSA) is 181 Å². The number of aromatic hydroxyl groups is 1. The van der Waals surface area contributed by atoms with E-state index in [9.17, 15) is 29.1 Å². The van der Waals surface area contributed by atoms with Gasteiger partial charge in [0.1, 0.15) is 23.5 Å². The van der Waals surface area contributed by atoms with Crippen LogP contribution in [-0.4, -0.2) is 124 Å². The number of amides is 4. The van der Waals surface area contributed by atoms with Crippen LogP contribution in [0.3, 0.4) is 0 Å². The van der Waals surface area contributed by atoms with Crippen molar-refractivity contribution in [3.8, 4) is 28.3 Å². The monoisotopic (exact) mass is 911 g/mol. The summed E-state index contributed by atoms with van der Waals surface area (Å²) in [6, 6.07) is 9.70. The van der Waals surface area contributed by atoms with Crippen LogP contribution >= 0.6 is 0 Å². The van der Waals surface area contributed by atoms with Crippen LogP contribution in [0.25, 0.3) is 33.4 Å². The van der Waals surface area contributed by atoms with Gasteiger partial charge >= 0.3 is 0 Å². The summed E-state index contributed by atoms with van der Waals surface area (Å²) in [5.74, 6) is -0.825. The first-order valence-corrected chi connectivity index (χ1v) is 23.0. The first-order chi connectivity index (χ1) is 31.5. The van der Waals surface area contributed by atoms with E-state index < -0.39 is 23.4 Å². The molecule has 0 bridgehead atoms. The third-order valence-corrected chi connectivity index (χ3v) is 12.5. The standard InChI is InChI=1S/C43H59N7O7.C7H11NO/c1-10-49-36-14-13-30(21-33(36)34(22-43(5,6)23-57-26-52)40(49)37-39(28(4)56-9)47(7)24-44-37)31-17-29(18-32(53)20-31)19-35(42(55)50-16-12-11-15-45-50)46-41(54)38(27(2)3)48(8)25-51;1-2-7(9)8-5-3-4-6-8/h13-14,17-18,20-21,24-28,35,38,45,53H,10-12,15-16,19,22-23H2,1-9H3,(H,46,54);2H,1,3-6H2. The molecule has 4 heterocycles. The van der Waals surface area contributed by atoms with Gasteiger partial charge in [0.05, 0.1) is 30.4 Å². The number of fused-ring (bicyclic) bond motifs is 1. The van der Waals surface area contributed by atoms with Gasteiger partial charge in [0.25, 0.3) is 12.4 Å². The van der Waals surface area contributed by atoms with Crippen LogP contribution in [0, 0.1) is 11.3 Å². The van der Waals surface area contributed by atoms with Gasteiger partial charge in [-0.05, 0) is 104 Å². The minimum atomic E-state index is -0.966. The Morgan fingerprint density at radius 2 is 1.74 bits per heavy atom. The van der Waals surface area contributed by atoms with Crippen LogP contribution in [0.2, 0.25) is 0 Å². The van der Waals surface area contributed by atoms with Gasteiger partial charge in [0.2, 0.25) is 18.2 Å². The van der Waals surface area contributed by atoms with Gasteiger partial charge in [-0.3, -0.25) is 29.0 Å². The molecule has 6 rings (SSSR count). The number of hydrazine groups is 1. The van der Waals surface area contributed by atoms with Gasteiger partial charge < -0.3 is 38.8 Å². The summed E-state index contributed by atoms with van der Waals surface area (Å²) >= 11 is 0. The van der Waals surface area contributed by atoms with E-state index in [-0.39, 0.29) is 42.6 Å². The van der Waals surface area contributed by atoms with E-state index in [2.05, 4.69) is 54.8 Å². The van der Waals surface area contributed by atoms with Crippen molar-refractivity contribution >= 4 is 41.5 Å². The number of benzene rings is 2. The quantitative estimate of drug-likeness (QED) is 0.0753. The Hall–Kier alpha value is -6.00. The second-order valence-corrected chi connectivity index (χ2v) is 18.5. The highest BCUT2D eigenvalue weighted by Gasteiger charge is 2.34. The molecule has 0 saturated carbocycles. The molecule has 2 fully saturated rings. The molecule has 4 aromatic rings. The maximum atomic E-state index is 14.0. The zero-order chi connectivity index (χ0) is 48.3. The Labute approximate surface area is 389 Å². The van der Waals surface area contributed by atoms with Crippen molar-refractivity contribution in [1.82, 2.24) is 39.7 Å². The number of phenols is 1. The summed E-state index contributed by atoms with van der Waals surface area (Å²) in [5.41, 5.74) is 9.70. The lowest BCUT2D eigenvalue weighted by atomic mass is 9.84. The highest BCUT2D eigenvalue weighted by Crippen LogP contribution is 2.42. The third-order valence-electron chi connectivity index (χ3n) is 12.5. The predicted molar refractivity (Wildman–Crippen MR) is 255 cm³/mol. The first kappa shape index (κ1) is 51.0. The van der Waals surface area contributed by atoms with Crippen molar-refractivity contribution in [1.29, 1.82) is 0 Å². The maximum Gasteiger partial charge on any atom is 0.293 e. The lowest BCUT2D eigenvalue weighted by molar-refractivity contribution is -0.142. The zero-order valence-corrected chi connectivity index (χ0v) is 40.3. The Morgan fingerprint density at radius 1 is 1.03 bits per heavy atom. The van der Waals surface area contributed by atoms with Gasteiger partial charge in [-0.1, -0.05) is 46.4 Å². The second kappa shape index (κ2) is 22.9. The minimum absolute atomic E-state index is 0.0165. The molecule has 0 radical (unpaired) electrons. The van der Waals surface area contributed by atoms with E-state index in [0.717, 1.165) is 83.4 Å². The smallest absolute Gasteiger partial charge is 0.293 e. The number of rotatable bonds is 19. The van der Waals surface area contributed by atoms with Crippen molar-refractivity contribution in [2.75, 3.05) is 46.9 Å². The molecule has 2 aliphatic heterocycles. The van der Waals surface area contributed by atoms with E-state index >= 15 is 0 Å². The number of nitrogens with zero attached hydrogens (tertiary/aromatic N) is 6. The Balaban J connectivity index is 0.000000809. The number of carbonyl (C=O) groups is 5. The summed E-state index contributed by atoms with van der Waals surface area (Å²) in [7, 11) is 5.19. The molecule has 2 saturated heterocycles. The zero-order valence-electron chi connectivity index (χ0n) is 40.3. The van der Waals surface area contributed by atoms with Gasteiger partial charge in [0, 0.05) is 76.7 Å². The van der Waals surface area contributed by atoms with E-state index in [1.165, 1.54) is 11.0 Å². The summed E-state index contributed by atoms with van der Waals surface area (Å²) in [6.45, 7) is 19.7. The van der Waals surface area contributed by atoms with Crippen molar-refractivity contribution in [3.05, 3.63) is 72.2 Å². The van der Waals surface area contributed by atoms with E-state index in [0.29, 0.717) is 44.5 Å². The molecule has 16 heteroatoms. The van der Waals surface area contributed by atoms with Crippen LogP contribution in [0.15, 0.2) is 55.4 Å². The number of hydrogen-bond donors (Lipinski definition) is 3. The SMILES string of the molecule is C=CC(=O)N1CCCC1.CCn1c(-c2ncn(C)c2C(C)OC)c(CC(C)(C)COC=O)c2cc(-c3cc(O)cc(CC(NC(=O)C(C(C)C)N(C)C=O)C(=O)N4CCCCN4)c3)ccc21. The fraction of sp³-hybridized carbons (Fsp3) is 0.520. The van der Waals surface area contributed by atoms with E-state index in [4.69, 9.17) is 14.5 Å². The molecule has 0 spiro atoms. The number of methoxy groups -OCH3 is 1. The van der Waals surface area contributed by atoms with Gasteiger partial charge in [0.15, 0.2) is 0 Å². The largest absolute Gasteiger partial charge is 0.508 e. The van der Waals surface area contributed by atoms with Crippen molar-refractivity contribution in [2.45, 2.75) is 105 Å². The van der Waals surface area contributed by atoms with Crippen molar-refractivity contribution in [3.63, 3.8) is 0 Å². The Bertz CT molecular complexity index is 2340. The molecule has 2 aromatic heterocycles. The number of imidazole rings is 1. The highest BCUT2D eigenvalue weighted by molar-refractivity contribution is 5.95. The Kier molecular flexibility index (Phi) is 17.7. The molecule has 358 valence electrons. The van der Waals surface area contributed by atoms with Crippen LogP contribution < -0.4 is 10.7 Å². The summed E-state index contributed by atoms with van der Waals surface area (Å²) in [6.07, 6.45) is 8.31. The predicted octanol–water partition coefficient (Wildman–Crippen LogP) is 5.95. The average molecular weight is 911 g/mol. The van der Waals surface area contributed by atoms with E-state index in [1.807, 2.05) is 49.4 Å². The van der Waals surface area contributed by atoms with Crippen LogP contribution in [0.5, 0.6) is 5.75 Å². The molecular weight excluding hydrogens is 841 g/mol. The lowest BCUT2D eigenvalue weighted by Gasteiger charge is -2.33. The molecular formula is C50H70N8O8. The highest BCUT2D eigenvalue weighted by atomic mass is 16.5. The van der Waals surface area contributed by atoms with Crippen molar-refractivity contribution < 1.29 is 38.6 Å². The molecule has 2 aromatic carbocycles. The molecule has 66 heavy (non-hydrogen) atoms. The molecule has 3 N–H and O–H groups in total. The van der Waals surface area contributed by atoms with E-state index in [1.54, 1.807) is 37.6 Å². The number of phenolic OH excluding ortho intramolecular Hbond substituents is 1. The second-order valence-electron chi connectivity index (χ2n) is 18.5. The van der Waals surface area contributed by atoms with Crippen LogP contribution in [0.4, 0.5) is 0 Å². The molecule has 3 atom stereocenters. The normalized spacial score (nSPS) is 15.4. The molecule has 0 aliphatic carbocycles. The minimum Gasteiger partial charge on any atom is -0.508 e. The third kappa shape index (κ3) is 12.1. The van der Waals surface area contributed by atoms with Crippen LogP contribution in [0.1, 0.15) is 90.2 Å². The molecule has 4 amide bonds. The van der Waals surface area contributed by atoms with Crippen LogP contribution in [-0.2, 0) is 59.9 Å². The Morgan fingerprint density at radius 3 is 2.35 bits per heavy atom. The number of likely N-dealkylation sites (tertiary alicyclic amines) is 1. The number of aryl methyl sites for hydroxylation is 2. The summed E-state index contributed by atoms with van der Waals surface area (Å²) in [4.78, 5) is 69.5. The fourth-order valence-corrected chi connectivity index (χ4v) is 9.19. The van der Waals surface area contributed by atoms with Crippen molar-refractivity contribution in [2.24, 2.45) is 18.4 Å². The summed E-state index contributed by atoms with van der Waals surface area (Å²) in [5, 5.41) is 16.6. The number of hydrogen-bond acceptors (Lipinski definition) is 10. The summed E-state index contributed by atoms with van der Waals surface area (Å²) < 4.78 is 15.3. The maximum absolute atomic E-state index is 14.0. The number of aromatic nitrogens is 3. The number of likely N-dealkylation sites (N-methyl/N-ethyl adjacent to an activating group) is 1. The number of nitrogens with one attached hydrogen (secondary N) is 2. The lowest BCUT2D eigenvalue weighted by Crippen LogP contribution is -2.58. The molecule has 3 unspecified atom stereocenters. The average Bonchev–Trinajstić information content (AvgIpc) is 4.05. The van der Waals surface area contributed by atoms with Gasteiger partial charge in [-0.15, -0.1) is 0 Å². The van der Waals surface area contributed by atoms with Gasteiger partial charge in [-0.25, -0.2) is 10.4 Å². The molecule has 2 aliphatic rings. The molecule has 16 nitrogen and oxygen atoms in total. The number of carbonyl (C=O) groups excluding carboxylic acids is 5.